The van der Waals surface area contributed by atoms with Crippen molar-refractivity contribution in [2.75, 3.05) is 32.8 Å². The molecule has 1 saturated heterocycles. The van der Waals surface area contributed by atoms with Gasteiger partial charge >= 0.3 is 0 Å². The van der Waals surface area contributed by atoms with Gasteiger partial charge in [0.2, 0.25) is 5.91 Å². The van der Waals surface area contributed by atoms with Crippen LogP contribution in [0.1, 0.15) is 17.2 Å². The first-order valence-electron chi connectivity index (χ1n) is 8.91. The summed E-state index contributed by atoms with van der Waals surface area (Å²) >= 11 is 11.9. The molecule has 2 aromatic rings. The molecule has 1 aliphatic rings. The number of benzene rings is 2. The van der Waals surface area contributed by atoms with Gasteiger partial charge in [-0.15, -0.1) is 0 Å². The number of quaternary nitrogens is 1. The van der Waals surface area contributed by atoms with E-state index in [0.717, 1.165) is 24.2 Å². The van der Waals surface area contributed by atoms with Crippen molar-refractivity contribution < 1.29 is 18.8 Å². The highest BCUT2D eigenvalue weighted by Gasteiger charge is 2.26. The molecule has 0 saturated carbocycles. The average Bonchev–Trinajstić information content (AvgIpc) is 2.67. The second kappa shape index (κ2) is 9.51. The average molecular weight is 412 g/mol. The molecule has 1 heterocycles. The third kappa shape index (κ3) is 5.66. The summed E-state index contributed by atoms with van der Waals surface area (Å²) in [6.07, 6.45) is 0.228. The Morgan fingerprint density at radius 2 is 1.81 bits per heavy atom. The van der Waals surface area contributed by atoms with Crippen LogP contribution in [-0.4, -0.2) is 38.8 Å². The van der Waals surface area contributed by atoms with E-state index in [-0.39, 0.29) is 24.2 Å². The Labute approximate surface area is 168 Å². The Balaban J connectivity index is 1.65. The first-order valence-corrected chi connectivity index (χ1v) is 9.67. The summed E-state index contributed by atoms with van der Waals surface area (Å²) in [4.78, 5) is 13.7. The zero-order chi connectivity index (χ0) is 19.2. The lowest BCUT2D eigenvalue weighted by molar-refractivity contribution is -0.937. The summed E-state index contributed by atoms with van der Waals surface area (Å²) < 4.78 is 18.7. The third-order valence-electron chi connectivity index (χ3n) is 4.75. The lowest BCUT2D eigenvalue weighted by atomic mass is 10.0. The van der Waals surface area contributed by atoms with Crippen LogP contribution in [0.4, 0.5) is 4.39 Å². The summed E-state index contributed by atoms with van der Waals surface area (Å²) in [6.45, 7) is 3.55. The van der Waals surface area contributed by atoms with E-state index in [9.17, 15) is 9.18 Å². The van der Waals surface area contributed by atoms with Gasteiger partial charge in [0, 0.05) is 5.56 Å². The van der Waals surface area contributed by atoms with Gasteiger partial charge in [-0.25, -0.2) is 4.39 Å². The predicted octanol–water partition coefficient (Wildman–Crippen LogP) is 2.45. The van der Waals surface area contributed by atoms with E-state index in [4.69, 9.17) is 27.9 Å². The molecule has 0 spiro atoms. The number of carbonyl (C=O) groups excluding carboxylic acids is 1. The molecule has 144 valence electrons. The molecular weight excluding hydrogens is 390 g/mol. The van der Waals surface area contributed by atoms with Crippen LogP contribution < -0.4 is 10.2 Å². The van der Waals surface area contributed by atoms with Gasteiger partial charge in [0.1, 0.15) is 24.9 Å². The van der Waals surface area contributed by atoms with Crippen LogP contribution in [0.5, 0.6) is 0 Å². The summed E-state index contributed by atoms with van der Waals surface area (Å²) in [6, 6.07) is 11.7. The van der Waals surface area contributed by atoms with Gasteiger partial charge in [0.25, 0.3) is 0 Å². The summed E-state index contributed by atoms with van der Waals surface area (Å²) in [5.41, 5.74) is 1.81. The SMILES string of the molecule is O=C(Cc1ccc(Cl)c(Cl)c1)NC[C@H](c1ccc(F)cc1)[NH+]1CCOCC1. The molecule has 1 amide bonds. The number of amides is 1. The standard InChI is InChI=1S/C20H21Cl2FN2O2/c21-17-6-1-14(11-18(17)22)12-20(26)24-13-19(25-7-9-27-10-8-25)15-2-4-16(23)5-3-15/h1-6,11,19H,7-10,12-13H2,(H,24,26)/p+1/t19-/m1/s1. The van der Waals surface area contributed by atoms with Gasteiger partial charge in [-0.1, -0.05) is 41.4 Å². The number of hydrogen-bond acceptors (Lipinski definition) is 2. The fraction of sp³-hybridized carbons (Fsp3) is 0.350. The van der Waals surface area contributed by atoms with Gasteiger partial charge in [0.05, 0.1) is 36.2 Å². The number of hydrogen-bond donors (Lipinski definition) is 2. The van der Waals surface area contributed by atoms with Crippen molar-refractivity contribution >= 4 is 29.1 Å². The Morgan fingerprint density at radius 3 is 2.48 bits per heavy atom. The lowest BCUT2D eigenvalue weighted by Gasteiger charge is -2.32. The highest BCUT2D eigenvalue weighted by atomic mass is 35.5. The van der Waals surface area contributed by atoms with Crippen molar-refractivity contribution in [2.45, 2.75) is 12.5 Å². The first-order chi connectivity index (χ1) is 13.0. The Morgan fingerprint density at radius 1 is 1.11 bits per heavy atom. The van der Waals surface area contributed by atoms with Gasteiger partial charge < -0.3 is 15.0 Å². The zero-order valence-corrected chi connectivity index (χ0v) is 16.3. The van der Waals surface area contributed by atoms with Gasteiger partial charge in [0.15, 0.2) is 0 Å². The molecule has 1 aliphatic heterocycles. The van der Waals surface area contributed by atoms with Crippen LogP contribution in [0.15, 0.2) is 42.5 Å². The number of carbonyl (C=O) groups is 1. The molecule has 3 rings (SSSR count). The second-order valence-electron chi connectivity index (χ2n) is 6.60. The minimum absolute atomic E-state index is 0.0484. The maximum atomic E-state index is 13.3. The van der Waals surface area contributed by atoms with Crippen molar-refractivity contribution in [1.82, 2.24) is 5.32 Å². The smallest absolute Gasteiger partial charge is 0.224 e. The topological polar surface area (TPSA) is 42.8 Å². The highest BCUT2D eigenvalue weighted by Crippen LogP contribution is 2.22. The second-order valence-corrected chi connectivity index (χ2v) is 7.42. The number of nitrogens with one attached hydrogen (secondary N) is 2. The maximum Gasteiger partial charge on any atom is 0.224 e. The molecule has 0 aliphatic carbocycles. The Hall–Kier alpha value is -1.66. The number of morpholine rings is 1. The highest BCUT2D eigenvalue weighted by molar-refractivity contribution is 6.42. The number of ether oxygens (including phenoxy) is 1. The van der Waals surface area contributed by atoms with Crippen LogP contribution in [-0.2, 0) is 16.0 Å². The number of rotatable bonds is 6. The summed E-state index contributed by atoms with van der Waals surface area (Å²) in [7, 11) is 0. The van der Waals surface area contributed by atoms with Crippen molar-refractivity contribution in [1.29, 1.82) is 0 Å². The molecule has 0 radical (unpaired) electrons. The van der Waals surface area contributed by atoms with E-state index in [1.807, 2.05) is 0 Å². The molecular formula is C20H22Cl2FN2O2+. The Bertz CT molecular complexity index is 780. The van der Waals surface area contributed by atoms with Crippen molar-refractivity contribution in [3.05, 3.63) is 69.5 Å². The molecule has 27 heavy (non-hydrogen) atoms. The first kappa shape index (κ1) is 20.1. The van der Waals surface area contributed by atoms with Crippen molar-refractivity contribution in [2.24, 2.45) is 0 Å². The van der Waals surface area contributed by atoms with Crippen LogP contribution in [0.3, 0.4) is 0 Å². The molecule has 4 nitrogen and oxygen atoms in total. The molecule has 2 aromatic carbocycles. The van der Waals surface area contributed by atoms with E-state index in [2.05, 4.69) is 5.32 Å². The molecule has 1 fully saturated rings. The van der Waals surface area contributed by atoms with Crippen molar-refractivity contribution in [3.8, 4) is 0 Å². The lowest BCUT2D eigenvalue weighted by Crippen LogP contribution is -3.15. The van der Waals surface area contributed by atoms with Crippen LogP contribution in [0.2, 0.25) is 10.0 Å². The fourth-order valence-corrected chi connectivity index (χ4v) is 3.61. The van der Waals surface area contributed by atoms with Crippen LogP contribution in [0.25, 0.3) is 0 Å². The third-order valence-corrected chi connectivity index (χ3v) is 5.49. The van der Waals surface area contributed by atoms with E-state index < -0.39 is 0 Å². The van der Waals surface area contributed by atoms with Gasteiger partial charge in [-0.2, -0.15) is 0 Å². The van der Waals surface area contributed by atoms with E-state index in [1.165, 1.54) is 17.0 Å². The molecule has 7 heteroatoms. The number of halogens is 3. The minimum Gasteiger partial charge on any atom is -0.370 e. The van der Waals surface area contributed by atoms with Crippen LogP contribution in [0, 0.1) is 5.82 Å². The monoisotopic (exact) mass is 411 g/mol. The molecule has 0 aromatic heterocycles. The largest absolute Gasteiger partial charge is 0.370 e. The quantitative estimate of drug-likeness (QED) is 0.766. The zero-order valence-electron chi connectivity index (χ0n) is 14.8. The fourth-order valence-electron chi connectivity index (χ4n) is 3.29. The maximum absolute atomic E-state index is 13.3. The van der Waals surface area contributed by atoms with E-state index in [1.54, 1.807) is 30.3 Å². The molecule has 1 atom stereocenters. The van der Waals surface area contributed by atoms with E-state index in [0.29, 0.717) is 29.8 Å². The molecule has 0 unspecified atom stereocenters. The Kier molecular flexibility index (Phi) is 7.07. The molecule has 0 bridgehead atoms. The van der Waals surface area contributed by atoms with Crippen molar-refractivity contribution in [3.63, 3.8) is 0 Å². The molecule has 2 N–H and O–H groups in total. The summed E-state index contributed by atoms with van der Waals surface area (Å²) in [5.74, 6) is -0.355. The normalized spacial score (nSPS) is 16.1. The van der Waals surface area contributed by atoms with E-state index >= 15 is 0 Å². The predicted molar refractivity (Wildman–Crippen MR) is 104 cm³/mol. The van der Waals surface area contributed by atoms with Gasteiger partial charge in [-0.3, -0.25) is 4.79 Å². The van der Waals surface area contributed by atoms with Gasteiger partial charge in [-0.05, 0) is 29.8 Å². The minimum atomic E-state index is -0.266. The summed E-state index contributed by atoms with van der Waals surface area (Å²) in [5, 5.41) is 3.91. The van der Waals surface area contributed by atoms with Crippen LogP contribution >= 0.6 is 23.2 Å².